The van der Waals surface area contributed by atoms with Gasteiger partial charge in [0.05, 0.1) is 5.69 Å². The van der Waals surface area contributed by atoms with Crippen LogP contribution in [-0.4, -0.2) is 17.7 Å². The SMILES string of the molecule is NC1CCN(C(=O)O)c2cccc(Br)c21. The Bertz CT molecular complexity index is 408. The van der Waals surface area contributed by atoms with Crippen LogP contribution in [0.4, 0.5) is 10.5 Å². The van der Waals surface area contributed by atoms with Gasteiger partial charge in [-0.25, -0.2) is 4.79 Å². The molecule has 1 aliphatic heterocycles. The fraction of sp³-hybridized carbons (Fsp3) is 0.300. The molecule has 0 bridgehead atoms. The Morgan fingerprint density at radius 1 is 1.60 bits per heavy atom. The smallest absolute Gasteiger partial charge is 0.411 e. The van der Waals surface area contributed by atoms with Crippen molar-refractivity contribution in [3.8, 4) is 0 Å². The van der Waals surface area contributed by atoms with Crippen molar-refractivity contribution in [2.45, 2.75) is 12.5 Å². The largest absolute Gasteiger partial charge is 0.465 e. The maximum Gasteiger partial charge on any atom is 0.411 e. The number of carbonyl (C=O) groups is 1. The molecule has 1 atom stereocenters. The minimum Gasteiger partial charge on any atom is -0.465 e. The van der Waals surface area contributed by atoms with Crippen LogP contribution >= 0.6 is 15.9 Å². The molecule has 2 rings (SSSR count). The van der Waals surface area contributed by atoms with Crippen LogP contribution in [0.1, 0.15) is 18.0 Å². The summed E-state index contributed by atoms with van der Waals surface area (Å²) in [4.78, 5) is 12.3. The zero-order valence-corrected chi connectivity index (χ0v) is 9.57. The molecule has 0 aliphatic carbocycles. The van der Waals surface area contributed by atoms with Crippen LogP contribution in [0, 0.1) is 0 Å². The molecular weight excluding hydrogens is 260 g/mol. The van der Waals surface area contributed by atoms with Crippen molar-refractivity contribution in [3.63, 3.8) is 0 Å². The van der Waals surface area contributed by atoms with E-state index in [2.05, 4.69) is 15.9 Å². The summed E-state index contributed by atoms with van der Waals surface area (Å²) in [5.41, 5.74) is 7.53. The molecule has 0 spiro atoms. The third-order valence-electron chi connectivity index (χ3n) is 2.59. The topological polar surface area (TPSA) is 66.6 Å². The highest BCUT2D eigenvalue weighted by atomic mass is 79.9. The monoisotopic (exact) mass is 270 g/mol. The molecule has 3 N–H and O–H groups in total. The molecular formula is C10H11BrN2O2. The van der Waals surface area contributed by atoms with E-state index in [4.69, 9.17) is 10.8 Å². The van der Waals surface area contributed by atoms with Crippen LogP contribution in [0.25, 0.3) is 0 Å². The van der Waals surface area contributed by atoms with Gasteiger partial charge in [-0.05, 0) is 18.6 Å². The minimum absolute atomic E-state index is 0.0915. The molecule has 0 saturated heterocycles. The molecule has 0 fully saturated rings. The average molecular weight is 271 g/mol. The minimum atomic E-state index is -0.929. The number of benzene rings is 1. The first-order valence-corrected chi connectivity index (χ1v) is 5.45. The van der Waals surface area contributed by atoms with Gasteiger partial charge in [0.25, 0.3) is 0 Å². The zero-order chi connectivity index (χ0) is 11.0. The van der Waals surface area contributed by atoms with Gasteiger partial charge in [-0.15, -0.1) is 0 Å². The van der Waals surface area contributed by atoms with Gasteiger partial charge in [-0.1, -0.05) is 22.0 Å². The highest BCUT2D eigenvalue weighted by molar-refractivity contribution is 9.10. The fourth-order valence-electron chi connectivity index (χ4n) is 1.86. The fourth-order valence-corrected chi connectivity index (χ4v) is 2.51. The van der Waals surface area contributed by atoms with Crippen molar-refractivity contribution >= 4 is 27.7 Å². The van der Waals surface area contributed by atoms with E-state index in [1.807, 2.05) is 12.1 Å². The molecule has 5 heteroatoms. The third kappa shape index (κ3) is 1.72. The third-order valence-corrected chi connectivity index (χ3v) is 3.28. The van der Waals surface area contributed by atoms with E-state index in [1.54, 1.807) is 6.07 Å². The van der Waals surface area contributed by atoms with Crippen LogP contribution in [0.5, 0.6) is 0 Å². The Kier molecular flexibility index (Phi) is 2.67. The van der Waals surface area contributed by atoms with E-state index >= 15 is 0 Å². The van der Waals surface area contributed by atoms with Gasteiger partial charge in [-0.3, -0.25) is 4.90 Å². The Balaban J connectivity index is 2.55. The van der Waals surface area contributed by atoms with Crippen LogP contribution in [0.3, 0.4) is 0 Å². The quantitative estimate of drug-likeness (QED) is 0.761. The predicted octanol–water partition coefficient (Wildman–Crippen LogP) is 2.34. The van der Waals surface area contributed by atoms with Gasteiger partial charge in [0, 0.05) is 22.6 Å². The van der Waals surface area contributed by atoms with Crippen molar-refractivity contribution in [2.24, 2.45) is 5.73 Å². The average Bonchev–Trinajstić information content (AvgIpc) is 2.17. The number of amides is 1. The maximum atomic E-state index is 11.0. The molecule has 4 nitrogen and oxygen atoms in total. The zero-order valence-electron chi connectivity index (χ0n) is 7.98. The lowest BCUT2D eigenvalue weighted by Gasteiger charge is -2.31. The Morgan fingerprint density at radius 2 is 2.33 bits per heavy atom. The summed E-state index contributed by atoms with van der Waals surface area (Å²) in [5.74, 6) is 0. The first kappa shape index (κ1) is 10.4. The first-order valence-electron chi connectivity index (χ1n) is 4.65. The number of nitrogens with two attached hydrogens (primary N) is 1. The summed E-state index contributed by atoms with van der Waals surface area (Å²) >= 11 is 3.40. The van der Waals surface area contributed by atoms with E-state index in [-0.39, 0.29) is 6.04 Å². The molecule has 0 aromatic heterocycles. The van der Waals surface area contributed by atoms with Crippen molar-refractivity contribution in [1.82, 2.24) is 0 Å². The standard InChI is InChI=1S/C10H11BrN2O2/c11-6-2-1-3-8-9(6)7(12)4-5-13(8)10(14)15/h1-3,7H,4-5,12H2,(H,14,15). The summed E-state index contributed by atoms with van der Waals surface area (Å²) in [7, 11) is 0. The summed E-state index contributed by atoms with van der Waals surface area (Å²) < 4.78 is 0.874. The van der Waals surface area contributed by atoms with Crippen LogP contribution in [0.2, 0.25) is 0 Å². The summed E-state index contributed by atoms with van der Waals surface area (Å²) in [5, 5.41) is 9.03. The van der Waals surface area contributed by atoms with Crippen molar-refractivity contribution < 1.29 is 9.90 Å². The van der Waals surface area contributed by atoms with Crippen molar-refractivity contribution in [3.05, 3.63) is 28.2 Å². The lowest BCUT2D eigenvalue weighted by atomic mass is 9.97. The molecule has 80 valence electrons. The van der Waals surface area contributed by atoms with E-state index in [0.717, 1.165) is 10.0 Å². The highest BCUT2D eigenvalue weighted by Gasteiger charge is 2.27. The normalized spacial score (nSPS) is 19.9. The lowest BCUT2D eigenvalue weighted by Crippen LogP contribution is -2.37. The molecule has 1 aliphatic rings. The summed E-state index contributed by atoms with van der Waals surface area (Å²) in [6.45, 7) is 0.458. The highest BCUT2D eigenvalue weighted by Crippen LogP contribution is 2.37. The number of hydrogen-bond acceptors (Lipinski definition) is 2. The molecule has 1 heterocycles. The summed E-state index contributed by atoms with van der Waals surface area (Å²) in [6, 6.07) is 5.39. The number of halogens is 1. The summed E-state index contributed by atoms with van der Waals surface area (Å²) in [6.07, 6.45) is -0.275. The van der Waals surface area contributed by atoms with Gasteiger partial charge in [0.15, 0.2) is 0 Å². The van der Waals surface area contributed by atoms with Gasteiger partial charge < -0.3 is 10.8 Å². The lowest BCUT2D eigenvalue weighted by molar-refractivity contribution is 0.201. The second kappa shape index (κ2) is 3.83. The number of hydrogen-bond donors (Lipinski definition) is 2. The Morgan fingerprint density at radius 3 is 3.00 bits per heavy atom. The van der Waals surface area contributed by atoms with Gasteiger partial charge in [0.1, 0.15) is 0 Å². The van der Waals surface area contributed by atoms with E-state index < -0.39 is 6.09 Å². The van der Waals surface area contributed by atoms with Gasteiger partial charge >= 0.3 is 6.09 Å². The van der Waals surface area contributed by atoms with E-state index in [0.29, 0.717) is 18.7 Å². The molecule has 0 saturated carbocycles. The van der Waals surface area contributed by atoms with Crippen molar-refractivity contribution in [2.75, 3.05) is 11.4 Å². The number of anilines is 1. The van der Waals surface area contributed by atoms with E-state index in [1.165, 1.54) is 4.90 Å². The van der Waals surface area contributed by atoms with Gasteiger partial charge in [0.2, 0.25) is 0 Å². The predicted molar refractivity (Wildman–Crippen MR) is 61.1 cm³/mol. The number of carboxylic acid groups (broad SMARTS) is 1. The molecule has 15 heavy (non-hydrogen) atoms. The van der Waals surface area contributed by atoms with Crippen LogP contribution < -0.4 is 10.6 Å². The molecule has 1 aromatic rings. The van der Waals surface area contributed by atoms with E-state index in [9.17, 15) is 4.79 Å². The maximum absolute atomic E-state index is 11.0. The Labute approximate surface area is 95.8 Å². The van der Waals surface area contributed by atoms with Crippen LogP contribution in [-0.2, 0) is 0 Å². The molecule has 0 radical (unpaired) electrons. The molecule has 1 amide bonds. The first-order chi connectivity index (χ1) is 7.11. The number of nitrogens with zero attached hydrogens (tertiary/aromatic N) is 1. The Hall–Kier alpha value is -1.07. The number of rotatable bonds is 0. The second-order valence-electron chi connectivity index (χ2n) is 3.50. The van der Waals surface area contributed by atoms with Crippen LogP contribution in [0.15, 0.2) is 22.7 Å². The number of fused-ring (bicyclic) bond motifs is 1. The molecule has 1 unspecified atom stereocenters. The van der Waals surface area contributed by atoms with Gasteiger partial charge in [-0.2, -0.15) is 0 Å². The second-order valence-corrected chi connectivity index (χ2v) is 4.36. The van der Waals surface area contributed by atoms with Crippen molar-refractivity contribution in [1.29, 1.82) is 0 Å². The molecule has 1 aromatic carbocycles.